The molecule has 7 nitrogen and oxygen atoms in total. The smallest absolute Gasteiger partial charge is 0.228 e. The molecule has 2 aliphatic rings. The van der Waals surface area contributed by atoms with E-state index >= 15 is 0 Å². The third-order valence-electron chi connectivity index (χ3n) is 4.82. The summed E-state index contributed by atoms with van der Waals surface area (Å²) in [5.41, 5.74) is 1.52. The molecule has 3 heterocycles. The number of fused-ring (bicyclic) bond motifs is 3. The van der Waals surface area contributed by atoms with Crippen LogP contribution in [0.2, 0.25) is 0 Å². The van der Waals surface area contributed by atoms with Crippen molar-refractivity contribution in [1.82, 2.24) is 15.2 Å². The van der Waals surface area contributed by atoms with E-state index < -0.39 is 0 Å². The molecule has 0 spiro atoms. The molecular weight excluding hydrogens is 334 g/mol. The van der Waals surface area contributed by atoms with Crippen molar-refractivity contribution in [3.63, 3.8) is 0 Å². The predicted molar refractivity (Wildman–Crippen MR) is 93.2 cm³/mol. The number of nitrogens with zero attached hydrogens (tertiary/aromatic N) is 2. The first-order chi connectivity index (χ1) is 12.6. The van der Waals surface area contributed by atoms with Gasteiger partial charge in [-0.05, 0) is 19.1 Å². The second kappa shape index (κ2) is 6.92. The van der Waals surface area contributed by atoms with E-state index in [4.69, 9.17) is 9.15 Å². The molecular formula is C19H21N3O4. The average Bonchev–Trinajstić information content (AvgIpc) is 2.79. The highest BCUT2D eigenvalue weighted by molar-refractivity contribution is 5.83. The van der Waals surface area contributed by atoms with Gasteiger partial charge in [0.25, 0.3) is 0 Å². The van der Waals surface area contributed by atoms with E-state index in [1.807, 2.05) is 37.3 Å². The maximum atomic E-state index is 12.8. The maximum Gasteiger partial charge on any atom is 0.228 e. The Hall–Kier alpha value is -2.67. The standard InChI is InChI=1S/C19H21N3O4/c1-12-16(21-19(26-12)13-5-3-2-4-6-13)7-17(23)22-8-14-10-25-11-15(9-22)20-18(14)24/h2-6,14-15H,7-11H2,1H3,(H,20,24)/t14-,15+/m1/s1. The number of ether oxygens (including phenoxy) is 1. The molecule has 136 valence electrons. The Kier molecular flexibility index (Phi) is 4.46. The summed E-state index contributed by atoms with van der Waals surface area (Å²) < 4.78 is 11.2. The van der Waals surface area contributed by atoms with Gasteiger partial charge in [0.15, 0.2) is 0 Å². The molecule has 2 amide bonds. The van der Waals surface area contributed by atoms with Gasteiger partial charge in [0.05, 0.1) is 37.3 Å². The summed E-state index contributed by atoms with van der Waals surface area (Å²) >= 11 is 0. The SMILES string of the molecule is Cc1oc(-c2ccccc2)nc1CC(=O)N1C[C@H]2COC[C@@H](C1)C(=O)N2. The Balaban J connectivity index is 1.50. The van der Waals surface area contributed by atoms with Gasteiger partial charge in [-0.15, -0.1) is 0 Å². The van der Waals surface area contributed by atoms with E-state index in [0.29, 0.717) is 43.6 Å². The van der Waals surface area contributed by atoms with Crippen molar-refractivity contribution in [3.8, 4) is 11.5 Å². The van der Waals surface area contributed by atoms with Crippen LogP contribution in [-0.2, 0) is 20.7 Å². The van der Waals surface area contributed by atoms with Crippen LogP contribution in [0.15, 0.2) is 34.7 Å². The quantitative estimate of drug-likeness (QED) is 0.893. The zero-order valence-electron chi connectivity index (χ0n) is 14.6. The van der Waals surface area contributed by atoms with Crippen LogP contribution >= 0.6 is 0 Å². The van der Waals surface area contributed by atoms with E-state index in [-0.39, 0.29) is 30.2 Å². The van der Waals surface area contributed by atoms with Crippen LogP contribution in [0.1, 0.15) is 11.5 Å². The van der Waals surface area contributed by atoms with Crippen LogP contribution in [-0.4, -0.2) is 54.0 Å². The molecule has 2 fully saturated rings. The second-order valence-corrected chi connectivity index (χ2v) is 6.80. The van der Waals surface area contributed by atoms with Crippen molar-refractivity contribution in [2.24, 2.45) is 5.92 Å². The Bertz CT molecular complexity index is 817. The lowest BCUT2D eigenvalue weighted by Gasteiger charge is -2.27. The van der Waals surface area contributed by atoms with Crippen molar-refractivity contribution in [2.75, 3.05) is 26.3 Å². The molecule has 2 bridgehead atoms. The molecule has 0 aliphatic carbocycles. The molecule has 0 unspecified atom stereocenters. The highest BCUT2D eigenvalue weighted by Crippen LogP contribution is 2.22. The largest absolute Gasteiger partial charge is 0.441 e. The number of aromatic nitrogens is 1. The van der Waals surface area contributed by atoms with Gasteiger partial charge in [-0.2, -0.15) is 0 Å². The average molecular weight is 355 g/mol. The fraction of sp³-hybridized carbons (Fsp3) is 0.421. The fourth-order valence-electron chi connectivity index (χ4n) is 3.38. The zero-order chi connectivity index (χ0) is 18.1. The third-order valence-corrected chi connectivity index (χ3v) is 4.82. The van der Waals surface area contributed by atoms with Crippen LogP contribution in [0.3, 0.4) is 0 Å². The molecule has 26 heavy (non-hydrogen) atoms. The first-order valence-electron chi connectivity index (χ1n) is 8.78. The summed E-state index contributed by atoms with van der Waals surface area (Å²) in [5.74, 6) is 0.763. The zero-order valence-corrected chi connectivity index (χ0v) is 14.6. The Labute approximate surface area is 151 Å². The summed E-state index contributed by atoms with van der Waals surface area (Å²) in [6.45, 7) is 3.45. The summed E-state index contributed by atoms with van der Waals surface area (Å²) in [6, 6.07) is 9.45. The Morgan fingerprint density at radius 3 is 2.88 bits per heavy atom. The van der Waals surface area contributed by atoms with Crippen LogP contribution in [0, 0.1) is 12.8 Å². The van der Waals surface area contributed by atoms with Gasteiger partial charge in [-0.3, -0.25) is 9.59 Å². The number of carbonyl (C=O) groups is 2. The van der Waals surface area contributed by atoms with Gasteiger partial charge in [0, 0.05) is 18.7 Å². The number of oxazole rings is 1. The molecule has 1 aromatic carbocycles. The molecule has 2 atom stereocenters. The minimum absolute atomic E-state index is 0.0354. The van der Waals surface area contributed by atoms with Crippen molar-refractivity contribution in [3.05, 3.63) is 41.8 Å². The molecule has 1 N–H and O–H groups in total. The Morgan fingerprint density at radius 2 is 2.08 bits per heavy atom. The molecule has 4 rings (SSSR count). The van der Waals surface area contributed by atoms with Gasteiger partial charge < -0.3 is 19.4 Å². The lowest BCUT2D eigenvalue weighted by Crippen LogP contribution is -2.45. The molecule has 2 aromatic rings. The normalized spacial score (nSPS) is 22.7. The fourth-order valence-corrected chi connectivity index (χ4v) is 3.38. The van der Waals surface area contributed by atoms with Gasteiger partial charge in [0.1, 0.15) is 5.76 Å². The summed E-state index contributed by atoms with van der Waals surface area (Å²) in [6.07, 6.45) is 0.163. The van der Waals surface area contributed by atoms with Crippen LogP contribution in [0.4, 0.5) is 0 Å². The van der Waals surface area contributed by atoms with Crippen molar-refractivity contribution in [2.45, 2.75) is 19.4 Å². The second-order valence-electron chi connectivity index (χ2n) is 6.80. The lowest BCUT2D eigenvalue weighted by atomic mass is 10.1. The van der Waals surface area contributed by atoms with Gasteiger partial charge in [0.2, 0.25) is 17.7 Å². The van der Waals surface area contributed by atoms with Crippen molar-refractivity contribution in [1.29, 1.82) is 0 Å². The third kappa shape index (κ3) is 3.35. The lowest BCUT2D eigenvalue weighted by molar-refractivity contribution is -0.133. The summed E-state index contributed by atoms with van der Waals surface area (Å²) in [7, 11) is 0. The van der Waals surface area contributed by atoms with Crippen molar-refractivity contribution < 1.29 is 18.7 Å². The number of aryl methyl sites for hydroxylation is 1. The maximum absolute atomic E-state index is 12.8. The van der Waals surface area contributed by atoms with Gasteiger partial charge >= 0.3 is 0 Å². The summed E-state index contributed by atoms with van der Waals surface area (Å²) in [5, 5.41) is 2.93. The highest BCUT2D eigenvalue weighted by Gasteiger charge is 2.35. The van der Waals surface area contributed by atoms with Crippen molar-refractivity contribution >= 4 is 11.8 Å². The summed E-state index contributed by atoms with van der Waals surface area (Å²) in [4.78, 5) is 31.1. The van der Waals surface area contributed by atoms with E-state index in [1.165, 1.54) is 0 Å². The van der Waals surface area contributed by atoms with Gasteiger partial charge in [-0.1, -0.05) is 18.2 Å². The van der Waals surface area contributed by atoms with Crippen LogP contribution < -0.4 is 5.32 Å². The van der Waals surface area contributed by atoms with E-state index in [0.717, 1.165) is 5.56 Å². The number of nitrogens with one attached hydrogen (secondary N) is 1. The number of hydrogen-bond donors (Lipinski definition) is 1. The van der Waals surface area contributed by atoms with Gasteiger partial charge in [-0.25, -0.2) is 4.98 Å². The molecule has 2 saturated heterocycles. The molecule has 1 aromatic heterocycles. The van der Waals surface area contributed by atoms with E-state index in [9.17, 15) is 9.59 Å². The molecule has 7 heteroatoms. The molecule has 0 saturated carbocycles. The van der Waals surface area contributed by atoms with E-state index in [2.05, 4.69) is 10.3 Å². The topological polar surface area (TPSA) is 84.7 Å². The predicted octanol–water partition coefficient (Wildman–Crippen LogP) is 1.17. The molecule has 0 radical (unpaired) electrons. The first-order valence-corrected chi connectivity index (χ1v) is 8.78. The molecule has 2 aliphatic heterocycles. The number of benzene rings is 1. The van der Waals surface area contributed by atoms with Crippen LogP contribution in [0.5, 0.6) is 0 Å². The number of rotatable bonds is 3. The van der Waals surface area contributed by atoms with E-state index in [1.54, 1.807) is 4.90 Å². The number of amides is 2. The van der Waals surface area contributed by atoms with Crippen LogP contribution in [0.25, 0.3) is 11.5 Å². The minimum atomic E-state index is -0.315. The highest BCUT2D eigenvalue weighted by atomic mass is 16.5. The minimum Gasteiger partial charge on any atom is -0.441 e. The number of hydrogen-bond acceptors (Lipinski definition) is 5. The number of carbonyl (C=O) groups excluding carboxylic acids is 2. The monoisotopic (exact) mass is 355 g/mol. The first kappa shape index (κ1) is 16.8. The Morgan fingerprint density at radius 1 is 1.27 bits per heavy atom.